The summed E-state index contributed by atoms with van der Waals surface area (Å²) in [7, 11) is -3.32. The van der Waals surface area contributed by atoms with Crippen LogP contribution in [-0.2, 0) is 21.1 Å². The Morgan fingerprint density at radius 1 is 1.07 bits per heavy atom. The van der Waals surface area contributed by atoms with Gasteiger partial charge in [0.2, 0.25) is 0 Å². The molecule has 0 saturated heterocycles. The average Bonchev–Trinajstić information content (AvgIpc) is 2.98. The van der Waals surface area contributed by atoms with Crippen molar-refractivity contribution in [3.63, 3.8) is 0 Å². The highest BCUT2D eigenvalue weighted by Gasteiger charge is 2.40. The zero-order valence-corrected chi connectivity index (χ0v) is 17.4. The van der Waals surface area contributed by atoms with Crippen LogP contribution in [0.3, 0.4) is 0 Å². The molecule has 1 heterocycles. The molecule has 4 rings (SSSR count). The fourth-order valence-corrected chi connectivity index (χ4v) is 7.27. The minimum atomic E-state index is -3.32. The number of rotatable bonds is 4. The minimum Gasteiger partial charge on any atom is -0.299 e. The molecule has 0 bridgehead atoms. The summed E-state index contributed by atoms with van der Waals surface area (Å²) in [5.41, 5.74) is 0.763. The Hall–Kier alpha value is -1.63. The number of hydrogen-bond donors (Lipinski definition) is 0. The van der Waals surface area contributed by atoms with E-state index in [0.717, 1.165) is 17.7 Å². The Morgan fingerprint density at radius 3 is 2.57 bits per heavy atom. The highest BCUT2D eigenvalue weighted by Crippen LogP contribution is 2.40. The molecular formula is C21H19ClO4S2. The van der Waals surface area contributed by atoms with E-state index in [4.69, 9.17) is 11.6 Å². The van der Waals surface area contributed by atoms with Gasteiger partial charge in [0, 0.05) is 22.1 Å². The van der Waals surface area contributed by atoms with E-state index in [1.807, 2.05) is 30.3 Å². The van der Waals surface area contributed by atoms with Gasteiger partial charge in [-0.25, -0.2) is 8.42 Å². The van der Waals surface area contributed by atoms with Crippen molar-refractivity contribution in [3.8, 4) is 0 Å². The number of ketones is 2. The Morgan fingerprint density at radius 2 is 1.82 bits per heavy atom. The Kier molecular flexibility index (Phi) is 5.38. The van der Waals surface area contributed by atoms with Crippen LogP contribution in [0.1, 0.15) is 35.2 Å². The normalized spacial score (nSPS) is 23.4. The summed E-state index contributed by atoms with van der Waals surface area (Å²) in [5.74, 6) is -1.11. The molecule has 1 aliphatic heterocycles. The van der Waals surface area contributed by atoms with Crippen molar-refractivity contribution in [2.24, 2.45) is 5.92 Å². The van der Waals surface area contributed by atoms with E-state index in [1.165, 1.54) is 12.1 Å². The number of hydrogen-bond acceptors (Lipinski definition) is 5. The molecule has 1 fully saturated rings. The van der Waals surface area contributed by atoms with Crippen LogP contribution < -0.4 is 0 Å². The lowest BCUT2D eigenvalue weighted by atomic mass is 9.82. The number of fused-ring (bicyclic) bond motifs is 1. The third-order valence-corrected chi connectivity index (χ3v) is 8.95. The molecule has 0 aromatic heterocycles. The lowest BCUT2D eigenvalue weighted by Crippen LogP contribution is -2.37. The highest BCUT2D eigenvalue weighted by molar-refractivity contribution is 8.00. The predicted molar refractivity (Wildman–Crippen MR) is 110 cm³/mol. The van der Waals surface area contributed by atoms with Crippen molar-refractivity contribution >= 4 is 44.8 Å². The third kappa shape index (κ3) is 3.53. The fraction of sp³-hybridized carbons (Fsp3) is 0.333. The van der Waals surface area contributed by atoms with Crippen LogP contribution in [-0.4, -0.2) is 31.0 Å². The van der Waals surface area contributed by atoms with E-state index in [-0.39, 0.29) is 38.1 Å². The molecule has 1 aliphatic carbocycles. The average molecular weight is 435 g/mol. The molecule has 2 aromatic rings. The van der Waals surface area contributed by atoms with Crippen molar-refractivity contribution in [1.82, 2.24) is 0 Å². The van der Waals surface area contributed by atoms with Crippen LogP contribution in [0.2, 0.25) is 5.02 Å². The topological polar surface area (TPSA) is 68.3 Å². The molecule has 0 radical (unpaired) electrons. The number of carbonyl (C=O) groups excluding carboxylic acids is 2. The van der Waals surface area contributed by atoms with Gasteiger partial charge >= 0.3 is 0 Å². The molecule has 0 N–H and O–H groups in total. The van der Waals surface area contributed by atoms with Crippen LogP contribution in [0.25, 0.3) is 0 Å². The van der Waals surface area contributed by atoms with E-state index in [2.05, 4.69) is 0 Å². The summed E-state index contributed by atoms with van der Waals surface area (Å²) in [5, 5.41) is 0.0367. The lowest BCUT2D eigenvalue weighted by Gasteiger charge is -2.29. The summed E-state index contributed by atoms with van der Waals surface area (Å²) in [6, 6.07) is 12.7. The summed E-state index contributed by atoms with van der Waals surface area (Å²) < 4.78 is 24.2. The van der Waals surface area contributed by atoms with Gasteiger partial charge in [-0.2, -0.15) is 0 Å². The van der Waals surface area contributed by atoms with Gasteiger partial charge in [0.25, 0.3) is 0 Å². The van der Waals surface area contributed by atoms with Crippen molar-refractivity contribution in [3.05, 3.63) is 58.6 Å². The Labute approximate surface area is 173 Å². The van der Waals surface area contributed by atoms with E-state index in [9.17, 15) is 18.0 Å². The first-order valence-corrected chi connectivity index (χ1v) is 12.1. The molecule has 7 heteroatoms. The molecule has 2 aliphatic rings. The van der Waals surface area contributed by atoms with Gasteiger partial charge in [-0.1, -0.05) is 29.8 Å². The van der Waals surface area contributed by atoms with Crippen molar-refractivity contribution in [2.45, 2.75) is 40.7 Å². The summed E-state index contributed by atoms with van der Waals surface area (Å²) in [6.07, 6.45) is 2.24. The first-order chi connectivity index (χ1) is 13.4. The molecule has 4 nitrogen and oxygen atoms in total. The molecular weight excluding hydrogens is 416 g/mol. The van der Waals surface area contributed by atoms with Gasteiger partial charge in [-0.05, 0) is 49.1 Å². The second-order valence-corrected chi connectivity index (χ2v) is 10.9. The lowest BCUT2D eigenvalue weighted by molar-refractivity contribution is -0.122. The first kappa shape index (κ1) is 19.7. The summed E-state index contributed by atoms with van der Waals surface area (Å²) in [4.78, 5) is 27.2. The van der Waals surface area contributed by atoms with Crippen LogP contribution in [0.15, 0.2) is 52.3 Å². The van der Waals surface area contributed by atoms with Gasteiger partial charge in [0.05, 0.1) is 21.6 Å². The first-order valence-electron chi connectivity index (χ1n) is 9.21. The molecule has 2 atom stereocenters. The van der Waals surface area contributed by atoms with Gasteiger partial charge in [-0.15, -0.1) is 11.8 Å². The number of thioether (sulfide) groups is 1. The van der Waals surface area contributed by atoms with Gasteiger partial charge in [0.1, 0.15) is 5.78 Å². The zero-order valence-electron chi connectivity index (χ0n) is 15.1. The molecule has 2 unspecified atom stereocenters. The zero-order chi connectivity index (χ0) is 19.9. The van der Waals surface area contributed by atoms with Crippen molar-refractivity contribution in [2.75, 3.05) is 5.75 Å². The molecule has 0 amide bonds. The van der Waals surface area contributed by atoms with Gasteiger partial charge in [0.15, 0.2) is 15.6 Å². The maximum absolute atomic E-state index is 13.3. The monoisotopic (exact) mass is 434 g/mol. The maximum atomic E-state index is 13.3. The highest BCUT2D eigenvalue weighted by atomic mass is 35.5. The van der Waals surface area contributed by atoms with Crippen LogP contribution in [0, 0.1) is 5.92 Å². The van der Waals surface area contributed by atoms with Gasteiger partial charge in [-0.3, -0.25) is 9.59 Å². The molecule has 1 saturated carbocycles. The number of Topliss-reactive ketones (excluding diaryl/α,β-unsaturated/α-hetero) is 2. The largest absolute Gasteiger partial charge is 0.299 e. The fourth-order valence-electron chi connectivity index (χ4n) is 3.95. The predicted octanol–water partition coefficient (Wildman–Crippen LogP) is 4.38. The van der Waals surface area contributed by atoms with Crippen molar-refractivity contribution in [1.29, 1.82) is 0 Å². The van der Waals surface area contributed by atoms with Crippen LogP contribution in [0.4, 0.5) is 0 Å². The quantitative estimate of drug-likeness (QED) is 0.527. The molecule has 0 spiro atoms. The smallest absolute Gasteiger partial charge is 0.179 e. The standard InChI is InChI=1S/C21H19ClO4S2/c22-20-14-11-12-28(25,26)18(14)10-9-15(20)21(24)19-16(23)7-4-8-17(19)27-13-5-2-1-3-6-13/h1-3,5-6,9-10,17,19H,4,7-8,11-12H2. The number of carbonyl (C=O) groups is 2. The maximum Gasteiger partial charge on any atom is 0.179 e. The number of sulfone groups is 1. The Bertz CT molecular complexity index is 1050. The van der Waals surface area contributed by atoms with E-state index in [0.29, 0.717) is 18.4 Å². The van der Waals surface area contributed by atoms with Crippen molar-refractivity contribution < 1.29 is 18.0 Å². The van der Waals surface area contributed by atoms with Crippen LogP contribution >= 0.6 is 23.4 Å². The Balaban J connectivity index is 1.68. The second kappa shape index (κ2) is 7.65. The van der Waals surface area contributed by atoms with Gasteiger partial charge < -0.3 is 0 Å². The molecule has 146 valence electrons. The van der Waals surface area contributed by atoms with E-state index >= 15 is 0 Å². The van der Waals surface area contributed by atoms with E-state index < -0.39 is 15.8 Å². The number of benzene rings is 2. The molecule has 2 aromatic carbocycles. The second-order valence-electron chi connectivity index (χ2n) is 7.14. The summed E-state index contributed by atoms with van der Waals surface area (Å²) >= 11 is 8.00. The summed E-state index contributed by atoms with van der Waals surface area (Å²) in [6.45, 7) is 0. The minimum absolute atomic E-state index is 0.00847. The molecule has 28 heavy (non-hydrogen) atoms. The third-order valence-electron chi connectivity index (χ3n) is 5.37. The number of halogens is 1. The SMILES string of the molecule is O=C1CCCC(Sc2ccccc2)C1C(=O)c1ccc2c(c1Cl)CCS2(=O)=O. The van der Waals surface area contributed by atoms with Crippen LogP contribution in [0.5, 0.6) is 0 Å². The van der Waals surface area contributed by atoms with E-state index in [1.54, 1.807) is 11.8 Å².